The Hall–Kier alpha value is -4.58. The van der Waals surface area contributed by atoms with Gasteiger partial charge in [-0.05, 0) is 85.0 Å². The molecule has 1 amide bonds. The maximum atomic E-state index is 14.0. The normalized spacial score (nSPS) is 13.1. The first-order valence-corrected chi connectivity index (χ1v) is 14.6. The number of hydrogen-bond donors (Lipinski definition) is 1. The minimum atomic E-state index is -0.958. The van der Waals surface area contributed by atoms with Crippen LogP contribution >= 0.6 is 0 Å². The Balaban J connectivity index is 1.37. The van der Waals surface area contributed by atoms with Crippen LogP contribution < -0.4 is 9.47 Å². The van der Waals surface area contributed by atoms with Gasteiger partial charge in [0.05, 0.1) is 18.8 Å². The van der Waals surface area contributed by atoms with Crippen molar-refractivity contribution in [1.29, 1.82) is 0 Å². The van der Waals surface area contributed by atoms with E-state index in [0.717, 1.165) is 49.7 Å². The second-order valence-electron chi connectivity index (χ2n) is 10.8. The predicted molar refractivity (Wildman–Crippen MR) is 164 cm³/mol. The number of carboxylic acids is 1. The van der Waals surface area contributed by atoms with Crippen molar-refractivity contribution in [1.82, 2.24) is 4.90 Å². The number of carboxylic acid groups (broad SMARTS) is 1. The molecule has 0 aromatic heterocycles. The van der Waals surface area contributed by atoms with Crippen LogP contribution in [0.15, 0.2) is 97.1 Å². The molecule has 0 bridgehead atoms. The van der Waals surface area contributed by atoms with E-state index in [-0.39, 0.29) is 17.6 Å². The fourth-order valence-corrected chi connectivity index (χ4v) is 5.57. The predicted octanol–water partition coefficient (Wildman–Crippen LogP) is 7.66. The van der Waals surface area contributed by atoms with Crippen LogP contribution in [0.25, 0.3) is 11.1 Å². The molecule has 4 aromatic carbocycles. The summed E-state index contributed by atoms with van der Waals surface area (Å²) in [5, 5.41) is 9.61. The van der Waals surface area contributed by atoms with Gasteiger partial charge >= 0.3 is 5.97 Å². The number of hydrogen-bond acceptors (Lipinski definition) is 4. The first-order valence-electron chi connectivity index (χ1n) is 14.6. The van der Waals surface area contributed by atoms with Crippen LogP contribution in [0.4, 0.5) is 0 Å². The summed E-state index contributed by atoms with van der Waals surface area (Å²) in [5.74, 6) is 0.218. The SMILES string of the molecule is COc1ccc(C(=O)N(CCCc2ccccc2)Cc2ccc(-c3ccccc3C(=O)O)cc2)cc1OC1CCCC1. The zero-order valence-electron chi connectivity index (χ0n) is 24.0. The molecule has 0 atom stereocenters. The average Bonchev–Trinajstić information content (AvgIpc) is 3.54. The maximum absolute atomic E-state index is 14.0. The largest absolute Gasteiger partial charge is 0.493 e. The van der Waals surface area contributed by atoms with E-state index in [0.29, 0.717) is 35.7 Å². The number of ether oxygens (including phenoxy) is 2. The van der Waals surface area contributed by atoms with Gasteiger partial charge in [-0.15, -0.1) is 0 Å². The molecule has 0 spiro atoms. The number of nitrogens with zero attached hydrogens (tertiary/aromatic N) is 1. The fraction of sp³-hybridized carbons (Fsp3) is 0.278. The van der Waals surface area contributed by atoms with E-state index >= 15 is 0 Å². The Labute approximate surface area is 247 Å². The van der Waals surface area contributed by atoms with Crippen molar-refractivity contribution in [2.45, 2.75) is 51.2 Å². The van der Waals surface area contributed by atoms with Gasteiger partial charge in [-0.3, -0.25) is 4.79 Å². The molecule has 5 rings (SSSR count). The van der Waals surface area contributed by atoms with E-state index in [2.05, 4.69) is 12.1 Å². The minimum absolute atomic E-state index is 0.0673. The maximum Gasteiger partial charge on any atom is 0.336 e. The second-order valence-corrected chi connectivity index (χ2v) is 10.8. The molecule has 4 aromatic rings. The van der Waals surface area contributed by atoms with Crippen LogP contribution in [0.5, 0.6) is 11.5 Å². The Morgan fingerprint density at radius 2 is 1.55 bits per heavy atom. The number of benzene rings is 4. The summed E-state index contributed by atoms with van der Waals surface area (Å²) in [4.78, 5) is 27.6. The lowest BCUT2D eigenvalue weighted by molar-refractivity contribution is 0.0696. The lowest BCUT2D eigenvalue weighted by Gasteiger charge is -2.24. The highest BCUT2D eigenvalue weighted by Crippen LogP contribution is 2.33. The molecule has 1 aliphatic rings. The Morgan fingerprint density at radius 1 is 0.833 bits per heavy atom. The summed E-state index contributed by atoms with van der Waals surface area (Å²) in [6, 6.07) is 30.5. The van der Waals surface area contributed by atoms with Crippen LogP contribution in [0, 0.1) is 0 Å². The summed E-state index contributed by atoms with van der Waals surface area (Å²) >= 11 is 0. The van der Waals surface area contributed by atoms with E-state index in [4.69, 9.17) is 9.47 Å². The molecule has 42 heavy (non-hydrogen) atoms. The van der Waals surface area contributed by atoms with Gasteiger partial charge in [0.2, 0.25) is 0 Å². The van der Waals surface area contributed by atoms with Crippen molar-refractivity contribution >= 4 is 11.9 Å². The van der Waals surface area contributed by atoms with Crippen molar-refractivity contribution in [3.8, 4) is 22.6 Å². The molecule has 0 heterocycles. The van der Waals surface area contributed by atoms with Gasteiger partial charge in [-0.1, -0.05) is 72.8 Å². The average molecular weight is 564 g/mol. The Morgan fingerprint density at radius 3 is 2.26 bits per heavy atom. The highest BCUT2D eigenvalue weighted by atomic mass is 16.5. The lowest BCUT2D eigenvalue weighted by atomic mass is 9.98. The summed E-state index contributed by atoms with van der Waals surface area (Å²) in [6.45, 7) is 1.02. The molecular formula is C36H37NO5. The van der Waals surface area contributed by atoms with E-state index in [1.54, 1.807) is 25.3 Å². The van der Waals surface area contributed by atoms with Crippen molar-refractivity contribution < 1.29 is 24.2 Å². The van der Waals surface area contributed by atoms with Gasteiger partial charge in [0.15, 0.2) is 11.5 Å². The van der Waals surface area contributed by atoms with Gasteiger partial charge in [0.1, 0.15) is 0 Å². The number of methoxy groups -OCH3 is 1. The summed E-state index contributed by atoms with van der Waals surface area (Å²) in [5.41, 5.74) is 4.52. The lowest BCUT2D eigenvalue weighted by Crippen LogP contribution is -2.32. The second kappa shape index (κ2) is 13.9. The molecule has 0 unspecified atom stereocenters. The molecule has 0 saturated heterocycles. The van der Waals surface area contributed by atoms with Crippen LogP contribution in [0.3, 0.4) is 0 Å². The fourth-order valence-electron chi connectivity index (χ4n) is 5.57. The van der Waals surface area contributed by atoms with Crippen LogP contribution in [0.2, 0.25) is 0 Å². The molecule has 6 heteroatoms. The molecule has 1 saturated carbocycles. The third kappa shape index (κ3) is 7.19. The summed E-state index contributed by atoms with van der Waals surface area (Å²) in [7, 11) is 1.62. The number of amides is 1. The zero-order chi connectivity index (χ0) is 29.3. The van der Waals surface area contributed by atoms with Gasteiger partial charge in [-0.2, -0.15) is 0 Å². The third-order valence-corrected chi connectivity index (χ3v) is 7.83. The van der Waals surface area contributed by atoms with Gasteiger partial charge in [0, 0.05) is 18.7 Å². The van der Waals surface area contributed by atoms with E-state index < -0.39 is 5.97 Å². The van der Waals surface area contributed by atoms with Crippen LogP contribution in [-0.2, 0) is 13.0 Å². The van der Waals surface area contributed by atoms with Crippen molar-refractivity contribution in [3.05, 3.63) is 119 Å². The Kier molecular flexibility index (Phi) is 9.55. The molecule has 0 radical (unpaired) electrons. The first kappa shape index (κ1) is 28.9. The standard InChI is InChI=1S/C36H37NO5/c1-41-33-22-21-29(24-34(33)42-30-13-5-6-14-30)35(38)37(23-9-12-26-10-3-2-4-11-26)25-27-17-19-28(20-18-27)31-15-7-8-16-32(31)36(39)40/h2-4,7-8,10-11,15-22,24,30H,5-6,9,12-14,23,25H2,1H3,(H,39,40). The molecular weight excluding hydrogens is 526 g/mol. The number of aryl methyl sites for hydroxylation is 1. The molecule has 6 nitrogen and oxygen atoms in total. The molecule has 1 fully saturated rings. The quantitative estimate of drug-likeness (QED) is 0.192. The van der Waals surface area contributed by atoms with Gasteiger partial charge in [-0.25, -0.2) is 4.79 Å². The number of aromatic carboxylic acids is 1. The molecule has 216 valence electrons. The van der Waals surface area contributed by atoms with Crippen LogP contribution in [-0.4, -0.2) is 41.6 Å². The van der Waals surface area contributed by atoms with E-state index in [9.17, 15) is 14.7 Å². The Bertz CT molecular complexity index is 1490. The molecule has 1 N–H and O–H groups in total. The van der Waals surface area contributed by atoms with E-state index in [1.165, 1.54) is 5.56 Å². The zero-order valence-corrected chi connectivity index (χ0v) is 24.0. The molecule has 1 aliphatic carbocycles. The first-order chi connectivity index (χ1) is 20.5. The van der Waals surface area contributed by atoms with E-state index in [1.807, 2.05) is 71.6 Å². The topological polar surface area (TPSA) is 76.1 Å². The third-order valence-electron chi connectivity index (χ3n) is 7.83. The number of rotatable bonds is 12. The van der Waals surface area contributed by atoms with Crippen LogP contribution in [0.1, 0.15) is 63.9 Å². The summed E-state index contributed by atoms with van der Waals surface area (Å²) in [6.07, 6.45) is 6.18. The monoisotopic (exact) mass is 563 g/mol. The minimum Gasteiger partial charge on any atom is -0.493 e. The number of carbonyl (C=O) groups excluding carboxylic acids is 1. The van der Waals surface area contributed by atoms with Crippen molar-refractivity contribution in [3.63, 3.8) is 0 Å². The van der Waals surface area contributed by atoms with Crippen molar-refractivity contribution in [2.75, 3.05) is 13.7 Å². The van der Waals surface area contributed by atoms with Gasteiger partial charge < -0.3 is 19.5 Å². The number of carbonyl (C=O) groups is 2. The summed E-state index contributed by atoms with van der Waals surface area (Å²) < 4.78 is 11.8. The highest BCUT2D eigenvalue weighted by Gasteiger charge is 2.22. The highest BCUT2D eigenvalue weighted by molar-refractivity contribution is 5.96. The smallest absolute Gasteiger partial charge is 0.336 e. The van der Waals surface area contributed by atoms with Gasteiger partial charge in [0.25, 0.3) is 5.91 Å². The molecule has 0 aliphatic heterocycles. The van der Waals surface area contributed by atoms with Crippen molar-refractivity contribution in [2.24, 2.45) is 0 Å².